The van der Waals surface area contributed by atoms with E-state index in [1.54, 1.807) is 19.1 Å². The topological polar surface area (TPSA) is 114 Å². The van der Waals surface area contributed by atoms with Gasteiger partial charge in [0.15, 0.2) is 5.03 Å². The van der Waals surface area contributed by atoms with E-state index in [-0.39, 0.29) is 11.6 Å². The van der Waals surface area contributed by atoms with Crippen LogP contribution in [0.25, 0.3) is 0 Å². The van der Waals surface area contributed by atoms with Crippen LogP contribution in [-0.2, 0) is 14.8 Å². The normalized spacial score (nSPS) is 24.5. The number of primary amides is 1. The molecule has 0 radical (unpaired) electrons. The average Bonchev–Trinajstić information content (AvgIpc) is 2.61. The van der Waals surface area contributed by atoms with Crippen LogP contribution in [0.1, 0.15) is 24.8 Å². The summed E-state index contributed by atoms with van der Waals surface area (Å²) in [5.41, 5.74) is 5.79. The number of aromatic nitrogens is 1. The molecule has 0 aliphatic carbocycles. The Morgan fingerprint density at radius 1 is 1.48 bits per heavy atom. The van der Waals surface area contributed by atoms with Crippen LogP contribution in [0.2, 0.25) is 0 Å². The van der Waals surface area contributed by atoms with Gasteiger partial charge in [-0.05, 0) is 37.8 Å². The molecule has 116 valence electrons. The van der Waals surface area contributed by atoms with Gasteiger partial charge in [0.1, 0.15) is 6.04 Å². The maximum atomic E-state index is 12.8. The van der Waals surface area contributed by atoms with Gasteiger partial charge in [0.05, 0.1) is 6.10 Å². The number of hydrogen-bond donors (Lipinski definition) is 2. The van der Waals surface area contributed by atoms with Crippen molar-refractivity contribution in [2.45, 2.75) is 43.4 Å². The molecule has 0 spiro atoms. The highest BCUT2D eigenvalue weighted by atomic mass is 32.2. The van der Waals surface area contributed by atoms with Crippen LogP contribution in [0.3, 0.4) is 0 Å². The zero-order valence-corrected chi connectivity index (χ0v) is 12.6. The zero-order chi connectivity index (χ0) is 15.6. The fourth-order valence-corrected chi connectivity index (χ4v) is 4.37. The lowest BCUT2D eigenvalue weighted by Crippen LogP contribution is -2.53. The molecule has 1 aromatic heterocycles. The van der Waals surface area contributed by atoms with Gasteiger partial charge in [-0.25, -0.2) is 13.4 Å². The summed E-state index contributed by atoms with van der Waals surface area (Å²) >= 11 is 0. The molecule has 1 fully saturated rings. The second-order valence-corrected chi connectivity index (χ2v) is 6.96. The number of carbonyl (C=O) groups is 1. The minimum absolute atomic E-state index is 0.106. The van der Waals surface area contributed by atoms with Gasteiger partial charge in [-0.1, -0.05) is 6.07 Å². The molecule has 1 aliphatic heterocycles. The van der Waals surface area contributed by atoms with E-state index in [2.05, 4.69) is 4.98 Å². The Balaban J connectivity index is 2.50. The quantitative estimate of drug-likeness (QED) is 0.801. The van der Waals surface area contributed by atoms with Gasteiger partial charge < -0.3 is 10.8 Å². The summed E-state index contributed by atoms with van der Waals surface area (Å²) in [7, 11) is -3.98. The van der Waals surface area contributed by atoms with Gasteiger partial charge in [0, 0.05) is 12.7 Å². The smallest absolute Gasteiger partial charge is 0.261 e. The second kappa shape index (κ2) is 6.08. The molecule has 0 saturated carbocycles. The maximum absolute atomic E-state index is 12.8. The first-order valence-corrected chi connectivity index (χ1v) is 8.20. The molecule has 2 atom stereocenters. The van der Waals surface area contributed by atoms with Crippen LogP contribution in [0.4, 0.5) is 0 Å². The molecule has 0 aromatic carbocycles. The third-order valence-electron chi connectivity index (χ3n) is 3.61. The Morgan fingerprint density at radius 2 is 2.19 bits per heavy atom. The van der Waals surface area contributed by atoms with E-state index in [4.69, 9.17) is 5.73 Å². The zero-order valence-electron chi connectivity index (χ0n) is 11.8. The van der Waals surface area contributed by atoms with Gasteiger partial charge in [0.2, 0.25) is 5.91 Å². The minimum atomic E-state index is -3.98. The van der Waals surface area contributed by atoms with Gasteiger partial charge >= 0.3 is 0 Å². The molecule has 21 heavy (non-hydrogen) atoms. The van der Waals surface area contributed by atoms with Crippen molar-refractivity contribution >= 4 is 15.9 Å². The number of aliphatic hydroxyl groups is 1. The van der Waals surface area contributed by atoms with Crippen molar-refractivity contribution in [2.24, 2.45) is 5.73 Å². The molecule has 2 heterocycles. The predicted octanol–water partition coefficient (Wildman–Crippen LogP) is -0.221. The molecule has 1 aromatic rings. The Labute approximate surface area is 123 Å². The number of nitrogens with two attached hydrogens (primary N) is 1. The SMILES string of the molecule is Cc1cccnc1S(=O)(=O)N1CCCCC(O)C1C(N)=O. The van der Waals surface area contributed by atoms with Gasteiger partial charge in [-0.2, -0.15) is 4.31 Å². The van der Waals surface area contributed by atoms with Crippen LogP contribution >= 0.6 is 0 Å². The number of amides is 1. The van der Waals surface area contributed by atoms with Crippen LogP contribution in [0, 0.1) is 6.92 Å². The highest BCUT2D eigenvalue weighted by Crippen LogP contribution is 2.25. The van der Waals surface area contributed by atoms with Crippen molar-refractivity contribution in [1.29, 1.82) is 0 Å². The highest BCUT2D eigenvalue weighted by molar-refractivity contribution is 7.89. The number of aryl methyl sites for hydroxylation is 1. The molecule has 8 heteroatoms. The van der Waals surface area contributed by atoms with Crippen LogP contribution in [-0.4, -0.2) is 47.4 Å². The molecule has 2 unspecified atom stereocenters. The lowest BCUT2D eigenvalue weighted by atomic mass is 10.1. The predicted molar refractivity (Wildman–Crippen MR) is 75.7 cm³/mol. The minimum Gasteiger partial charge on any atom is -0.391 e. The molecule has 1 aliphatic rings. The van der Waals surface area contributed by atoms with Gasteiger partial charge in [0.25, 0.3) is 10.0 Å². The molecule has 3 N–H and O–H groups in total. The Morgan fingerprint density at radius 3 is 2.81 bits per heavy atom. The van der Waals surface area contributed by atoms with Crippen molar-refractivity contribution in [3.8, 4) is 0 Å². The highest BCUT2D eigenvalue weighted by Gasteiger charge is 2.41. The molecule has 7 nitrogen and oxygen atoms in total. The molecular weight excluding hydrogens is 294 g/mol. The molecule has 2 rings (SSSR count). The van der Waals surface area contributed by atoms with Crippen molar-refractivity contribution in [3.63, 3.8) is 0 Å². The van der Waals surface area contributed by atoms with E-state index in [9.17, 15) is 18.3 Å². The lowest BCUT2D eigenvalue weighted by molar-refractivity contribution is -0.124. The van der Waals surface area contributed by atoms with E-state index in [0.29, 0.717) is 24.8 Å². The van der Waals surface area contributed by atoms with Crippen LogP contribution in [0.15, 0.2) is 23.4 Å². The number of pyridine rings is 1. The number of aliphatic hydroxyl groups excluding tert-OH is 1. The summed E-state index contributed by atoms with van der Waals surface area (Å²) in [6.45, 7) is 1.77. The number of rotatable bonds is 3. The Kier molecular flexibility index (Phi) is 4.60. The van der Waals surface area contributed by atoms with Crippen LogP contribution in [0.5, 0.6) is 0 Å². The fourth-order valence-electron chi connectivity index (χ4n) is 2.56. The summed E-state index contributed by atoms with van der Waals surface area (Å²) in [6.07, 6.45) is 1.84. The van der Waals surface area contributed by atoms with Crippen molar-refractivity contribution in [1.82, 2.24) is 9.29 Å². The first-order valence-electron chi connectivity index (χ1n) is 6.76. The standard InChI is InChI=1S/C13H19N3O4S/c1-9-5-4-7-15-13(9)21(19,20)16-8-3-2-6-10(17)11(16)12(14)18/h4-5,7,10-11,17H,2-3,6,8H2,1H3,(H2,14,18). The monoisotopic (exact) mass is 313 g/mol. The second-order valence-electron chi connectivity index (χ2n) is 5.15. The van der Waals surface area contributed by atoms with Crippen LogP contribution < -0.4 is 5.73 Å². The summed E-state index contributed by atoms with van der Waals surface area (Å²) in [5.74, 6) is -0.846. The van der Waals surface area contributed by atoms with Gasteiger partial charge in [-0.15, -0.1) is 0 Å². The lowest BCUT2D eigenvalue weighted by Gasteiger charge is -2.29. The van der Waals surface area contributed by atoms with Crippen molar-refractivity contribution in [2.75, 3.05) is 6.54 Å². The molecular formula is C13H19N3O4S. The Hall–Kier alpha value is -1.51. The summed E-state index contributed by atoms with van der Waals surface area (Å²) in [4.78, 5) is 15.5. The van der Waals surface area contributed by atoms with E-state index < -0.39 is 28.1 Å². The maximum Gasteiger partial charge on any atom is 0.261 e. The van der Waals surface area contributed by atoms with Gasteiger partial charge in [-0.3, -0.25) is 4.79 Å². The molecule has 0 bridgehead atoms. The largest absolute Gasteiger partial charge is 0.391 e. The van der Waals surface area contributed by atoms with E-state index in [1.807, 2.05) is 0 Å². The number of sulfonamides is 1. The molecule has 1 amide bonds. The first kappa shape index (κ1) is 15.9. The van der Waals surface area contributed by atoms with E-state index >= 15 is 0 Å². The summed E-state index contributed by atoms with van der Waals surface area (Å²) in [6, 6.07) is 2.02. The Bertz CT molecular complexity index is 632. The summed E-state index contributed by atoms with van der Waals surface area (Å²) in [5, 5.41) is 9.94. The first-order chi connectivity index (χ1) is 9.85. The van der Waals surface area contributed by atoms with Crippen molar-refractivity contribution in [3.05, 3.63) is 23.9 Å². The number of hydrogen-bond acceptors (Lipinski definition) is 5. The van der Waals surface area contributed by atoms with E-state index in [0.717, 1.165) is 4.31 Å². The third-order valence-corrected chi connectivity index (χ3v) is 5.55. The number of carbonyl (C=O) groups excluding carboxylic acids is 1. The summed E-state index contributed by atoms with van der Waals surface area (Å²) < 4.78 is 26.5. The fraction of sp³-hybridized carbons (Fsp3) is 0.538. The van der Waals surface area contributed by atoms with Crippen molar-refractivity contribution < 1.29 is 18.3 Å². The third kappa shape index (κ3) is 3.07. The average molecular weight is 313 g/mol. The number of nitrogens with zero attached hydrogens (tertiary/aromatic N) is 2. The van der Waals surface area contributed by atoms with E-state index in [1.165, 1.54) is 6.20 Å². The molecule has 1 saturated heterocycles.